The van der Waals surface area contributed by atoms with Crippen LogP contribution in [-0.2, 0) is 17.8 Å². The Hall–Kier alpha value is -2.56. The average molecular weight is 715 g/mol. The molecule has 0 aromatic carbocycles. The third-order valence-corrected chi connectivity index (χ3v) is 9.54. The van der Waals surface area contributed by atoms with Crippen LogP contribution in [-0.4, -0.2) is 74.7 Å². The molecule has 2 saturated heterocycles. The maximum absolute atomic E-state index is 12.8. The zero-order valence-electron chi connectivity index (χ0n) is 25.6. The van der Waals surface area contributed by atoms with Gasteiger partial charge < -0.3 is 15.0 Å². The van der Waals surface area contributed by atoms with Crippen molar-refractivity contribution in [3.05, 3.63) is 34.3 Å². The number of nitrogens with one attached hydrogen (secondary N) is 1. The highest BCUT2D eigenvalue weighted by Gasteiger charge is 2.34. The molecule has 0 aliphatic carbocycles. The largest absolute Gasteiger partial charge is 0.444 e. The van der Waals surface area contributed by atoms with E-state index in [4.69, 9.17) is 4.74 Å². The second-order valence-electron chi connectivity index (χ2n) is 12.4. The van der Waals surface area contributed by atoms with Crippen molar-refractivity contribution in [2.45, 2.75) is 89.3 Å². The van der Waals surface area contributed by atoms with E-state index in [2.05, 4.69) is 15.5 Å². The van der Waals surface area contributed by atoms with Gasteiger partial charge in [0.1, 0.15) is 18.7 Å². The van der Waals surface area contributed by atoms with Crippen LogP contribution in [0.5, 0.6) is 0 Å². The summed E-state index contributed by atoms with van der Waals surface area (Å²) in [5.74, 6) is 0.321. The van der Waals surface area contributed by atoms with Gasteiger partial charge in [0.25, 0.3) is 0 Å². The zero-order chi connectivity index (χ0) is 32.6. The number of carbonyl (C=O) groups is 1. The van der Waals surface area contributed by atoms with Gasteiger partial charge in [0.15, 0.2) is 0 Å². The van der Waals surface area contributed by atoms with E-state index in [0.717, 1.165) is 50.4 Å². The van der Waals surface area contributed by atoms with Gasteiger partial charge in [0, 0.05) is 24.9 Å². The summed E-state index contributed by atoms with van der Waals surface area (Å²) in [7, 11) is 0. The molecule has 256 valence electrons. The maximum atomic E-state index is 12.8. The molecule has 2 aliphatic heterocycles. The van der Waals surface area contributed by atoms with E-state index < -0.39 is 31.0 Å². The summed E-state index contributed by atoms with van der Waals surface area (Å²) in [6.07, 6.45) is -5.68. The van der Waals surface area contributed by atoms with Crippen molar-refractivity contribution in [1.29, 1.82) is 0 Å². The molecule has 0 unspecified atom stereocenters. The monoisotopic (exact) mass is 714 g/mol. The number of carbonyl (C=O) groups excluding carboxylic acids is 1. The first-order valence-corrected chi connectivity index (χ1v) is 16.5. The summed E-state index contributed by atoms with van der Waals surface area (Å²) in [5, 5.41) is 15.4. The lowest BCUT2D eigenvalue weighted by atomic mass is 9.94. The molecule has 0 bridgehead atoms. The van der Waals surface area contributed by atoms with Crippen LogP contribution in [0.1, 0.15) is 69.7 Å². The summed E-state index contributed by atoms with van der Waals surface area (Å²) >= 11 is 2.90. The molecule has 2 fully saturated rings. The van der Waals surface area contributed by atoms with Gasteiger partial charge in [-0.25, -0.2) is 4.79 Å². The molecule has 4 aromatic heterocycles. The molecule has 4 aromatic rings. The van der Waals surface area contributed by atoms with Crippen molar-refractivity contribution in [1.82, 2.24) is 29.8 Å². The molecule has 0 saturated carbocycles. The van der Waals surface area contributed by atoms with Crippen LogP contribution < -0.4 is 5.32 Å². The minimum absolute atomic E-state index is 0. The number of ether oxygens (including phenoxy) is 1. The number of alkyl halides is 6. The van der Waals surface area contributed by atoms with E-state index in [1.165, 1.54) is 22.7 Å². The van der Waals surface area contributed by atoms with E-state index in [-0.39, 0.29) is 30.3 Å². The first-order chi connectivity index (χ1) is 21.1. The van der Waals surface area contributed by atoms with Crippen molar-refractivity contribution >= 4 is 61.6 Å². The molecule has 6 rings (SSSR count). The Bertz CT molecular complexity index is 1590. The van der Waals surface area contributed by atoms with Crippen molar-refractivity contribution in [3.8, 4) is 0 Å². The molecule has 6 heterocycles. The zero-order valence-corrected chi connectivity index (χ0v) is 28.0. The fourth-order valence-corrected chi connectivity index (χ4v) is 7.64. The van der Waals surface area contributed by atoms with Gasteiger partial charge in [-0.3, -0.25) is 9.36 Å². The van der Waals surface area contributed by atoms with Crippen molar-refractivity contribution in [3.63, 3.8) is 0 Å². The number of likely N-dealkylation sites (tertiary alicyclic amines) is 1. The molecule has 17 heteroatoms. The highest BCUT2D eigenvalue weighted by Crippen LogP contribution is 2.37. The highest BCUT2D eigenvalue weighted by atomic mass is 35.5. The molecule has 2 aliphatic rings. The number of hydrogen-bond acceptors (Lipinski definition) is 7. The molecule has 0 radical (unpaired) electrons. The fraction of sp³-hybridized carbons (Fsp3) is 0.621. The number of nitrogens with zero attached hydrogens (tertiary/aromatic N) is 5. The number of halogens is 7. The average Bonchev–Trinajstić information content (AvgIpc) is 3.72. The lowest BCUT2D eigenvalue weighted by Crippen LogP contribution is -2.41. The number of fused-ring (bicyclic) bond motifs is 2. The molecule has 1 N–H and O–H groups in total. The topological polar surface area (TPSA) is 77.2 Å². The number of thiophene rings is 2. The van der Waals surface area contributed by atoms with Crippen LogP contribution >= 0.6 is 35.1 Å². The fourth-order valence-electron chi connectivity index (χ4n) is 5.73. The molecule has 46 heavy (non-hydrogen) atoms. The number of piperidine rings is 2. The quantitative estimate of drug-likeness (QED) is 0.215. The molecule has 1 amide bonds. The van der Waals surface area contributed by atoms with E-state index in [1.54, 1.807) is 22.4 Å². The summed E-state index contributed by atoms with van der Waals surface area (Å²) in [6, 6.07) is 3.40. The van der Waals surface area contributed by atoms with E-state index >= 15 is 0 Å². The third kappa shape index (κ3) is 9.07. The lowest BCUT2D eigenvalue weighted by molar-refractivity contribution is -0.142. The van der Waals surface area contributed by atoms with Crippen molar-refractivity contribution in [2.75, 3.05) is 26.2 Å². The minimum atomic E-state index is -4.31. The Balaban J connectivity index is 0.000000213. The first-order valence-electron chi connectivity index (χ1n) is 14.8. The van der Waals surface area contributed by atoms with Gasteiger partial charge in [-0.15, -0.1) is 35.1 Å². The summed E-state index contributed by atoms with van der Waals surface area (Å²) < 4.78 is 85.3. The third-order valence-electron chi connectivity index (χ3n) is 7.68. The Morgan fingerprint density at radius 1 is 0.826 bits per heavy atom. The van der Waals surface area contributed by atoms with Crippen LogP contribution in [0, 0.1) is 0 Å². The van der Waals surface area contributed by atoms with Gasteiger partial charge in [-0.05, 0) is 82.4 Å². The first kappa shape index (κ1) is 36.3. The standard InChI is InChI=1S/C17H22F3N3O2S.C12H14F3N3S.ClH/c1-16(2,3)25-15(24)22-7-4-11(5-8-22)13-14-12(6-9-26-14)23(21-13)10-17(18,19)20;13-12(14,15)7-18-9-3-6-19-11(9)10(17-18)8-1-4-16-5-2-8;/h6,9,11H,4-5,7-8,10H2,1-3H3;3,6,8,16H,1-2,4-5,7H2;1H. The Morgan fingerprint density at radius 2 is 1.26 bits per heavy atom. The number of amides is 1. The molecule has 0 atom stereocenters. The molecule has 0 spiro atoms. The molecular formula is C29H37ClF6N6O2S2. The summed E-state index contributed by atoms with van der Waals surface area (Å²) in [4.78, 5) is 13.8. The smallest absolute Gasteiger partial charge is 0.410 e. The van der Waals surface area contributed by atoms with E-state index in [0.29, 0.717) is 42.7 Å². The van der Waals surface area contributed by atoms with Gasteiger partial charge in [-0.1, -0.05) is 0 Å². The predicted octanol–water partition coefficient (Wildman–Crippen LogP) is 8.32. The highest BCUT2D eigenvalue weighted by molar-refractivity contribution is 7.17. The second-order valence-corrected chi connectivity index (χ2v) is 14.2. The van der Waals surface area contributed by atoms with E-state index in [9.17, 15) is 31.1 Å². The van der Waals surface area contributed by atoms with E-state index in [1.807, 2.05) is 26.2 Å². The summed E-state index contributed by atoms with van der Waals surface area (Å²) in [5.41, 5.74) is 2.14. The predicted molar refractivity (Wildman–Crippen MR) is 169 cm³/mol. The number of hydrogen-bond donors (Lipinski definition) is 1. The van der Waals surface area contributed by atoms with Gasteiger partial charge in [0.2, 0.25) is 0 Å². The Labute approximate surface area is 276 Å². The Kier molecular flexibility index (Phi) is 11.3. The number of aromatic nitrogens is 4. The van der Waals surface area contributed by atoms with Gasteiger partial charge in [0.05, 0.1) is 31.8 Å². The normalized spacial score (nSPS) is 17.2. The van der Waals surface area contributed by atoms with Gasteiger partial charge in [-0.2, -0.15) is 36.5 Å². The van der Waals surface area contributed by atoms with Gasteiger partial charge >= 0.3 is 18.4 Å². The summed E-state index contributed by atoms with van der Waals surface area (Å²) in [6.45, 7) is 6.20. The maximum Gasteiger partial charge on any atom is 0.410 e. The lowest BCUT2D eigenvalue weighted by Gasteiger charge is -2.33. The van der Waals surface area contributed by atoms with Crippen molar-refractivity contribution < 1.29 is 35.9 Å². The van der Waals surface area contributed by atoms with Crippen LogP contribution in [0.25, 0.3) is 20.4 Å². The second kappa shape index (κ2) is 14.3. The van der Waals surface area contributed by atoms with Crippen molar-refractivity contribution in [2.24, 2.45) is 0 Å². The minimum Gasteiger partial charge on any atom is -0.444 e. The van der Waals surface area contributed by atoms with Crippen LogP contribution in [0.3, 0.4) is 0 Å². The van der Waals surface area contributed by atoms with Crippen LogP contribution in [0.4, 0.5) is 31.1 Å². The van der Waals surface area contributed by atoms with Crippen LogP contribution in [0.15, 0.2) is 22.9 Å². The SMILES string of the molecule is CC(C)(C)OC(=O)N1CCC(c2nn(CC(F)(F)F)c3ccsc23)CC1.Cl.FC(F)(F)Cn1nc(C2CCNCC2)c2sccc21. The Morgan fingerprint density at radius 3 is 1.67 bits per heavy atom. The molecular weight excluding hydrogens is 678 g/mol. The molecule has 8 nitrogen and oxygen atoms in total. The number of rotatable bonds is 4. The van der Waals surface area contributed by atoms with Crippen LogP contribution in [0.2, 0.25) is 0 Å².